The van der Waals surface area contributed by atoms with E-state index in [-0.39, 0.29) is 9.32 Å². The maximum atomic E-state index is 13.7. The van der Waals surface area contributed by atoms with E-state index in [0.29, 0.717) is 12.5 Å². The van der Waals surface area contributed by atoms with E-state index in [9.17, 15) is 8.78 Å². The summed E-state index contributed by atoms with van der Waals surface area (Å²) >= 11 is 1.78. The zero-order valence-electron chi connectivity index (χ0n) is 13.2. The van der Waals surface area contributed by atoms with Crippen molar-refractivity contribution in [1.82, 2.24) is 0 Å². The predicted octanol–water partition coefficient (Wildman–Crippen LogP) is 6.33. The second-order valence-corrected chi connectivity index (χ2v) is 7.53. The van der Waals surface area contributed by atoms with E-state index in [2.05, 4.69) is 6.92 Å². The van der Waals surface area contributed by atoms with Crippen LogP contribution in [0, 0.1) is 27.0 Å². The molecule has 1 saturated carbocycles. The van der Waals surface area contributed by atoms with Crippen LogP contribution >= 0.6 is 22.6 Å². The van der Waals surface area contributed by atoms with Gasteiger partial charge in [-0.3, -0.25) is 0 Å². The molecule has 0 atom stereocenters. The molecule has 1 aliphatic carbocycles. The number of hydrogen-bond donors (Lipinski definition) is 0. The zero-order chi connectivity index (χ0) is 15.9. The minimum Gasteiger partial charge on any atom is -0.490 e. The molecule has 22 heavy (non-hydrogen) atoms. The molecular formula is C18H25F2IO. The highest BCUT2D eigenvalue weighted by molar-refractivity contribution is 14.1. The van der Waals surface area contributed by atoms with Crippen molar-refractivity contribution in [3.63, 3.8) is 0 Å². The standard InChI is InChI=1S/C18H25F2IO/c1-2-3-4-5-13-6-8-14(9-7-13)12-22-16-11-10-15(21)17(19)18(16)20/h10-11,13-14H,2-9,12H2,1H3. The van der Waals surface area contributed by atoms with Gasteiger partial charge in [-0.25, -0.2) is 4.39 Å². The van der Waals surface area contributed by atoms with Gasteiger partial charge in [-0.05, 0) is 59.4 Å². The van der Waals surface area contributed by atoms with Gasteiger partial charge in [0.2, 0.25) is 5.82 Å². The molecule has 4 heteroatoms. The smallest absolute Gasteiger partial charge is 0.201 e. The van der Waals surface area contributed by atoms with Crippen molar-refractivity contribution < 1.29 is 13.5 Å². The molecule has 2 rings (SSSR count). The van der Waals surface area contributed by atoms with E-state index in [1.54, 1.807) is 28.7 Å². The summed E-state index contributed by atoms with van der Waals surface area (Å²) in [7, 11) is 0. The Kier molecular flexibility index (Phi) is 7.38. The number of ether oxygens (including phenoxy) is 1. The molecule has 0 bridgehead atoms. The van der Waals surface area contributed by atoms with Crippen molar-refractivity contribution in [3.05, 3.63) is 27.3 Å². The van der Waals surface area contributed by atoms with Crippen molar-refractivity contribution in [1.29, 1.82) is 0 Å². The Morgan fingerprint density at radius 2 is 1.73 bits per heavy atom. The molecule has 1 aromatic rings. The van der Waals surface area contributed by atoms with Gasteiger partial charge < -0.3 is 4.74 Å². The monoisotopic (exact) mass is 422 g/mol. The predicted molar refractivity (Wildman–Crippen MR) is 94.2 cm³/mol. The van der Waals surface area contributed by atoms with Crippen LogP contribution in [0.4, 0.5) is 8.78 Å². The third-order valence-electron chi connectivity index (χ3n) is 4.66. The van der Waals surface area contributed by atoms with Gasteiger partial charge in [0.25, 0.3) is 0 Å². The van der Waals surface area contributed by atoms with Crippen LogP contribution in [-0.4, -0.2) is 6.61 Å². The van der Waals surface area contributed by atoms with E-state index in [0.717, 1.165) is 18.8 Å². The number of rotatable bonds is 7. The average molecular weight is 422 g/mol. The quantitative estimate of drug-likeness (QED) is 0.283. The molecule has 0 aromatic heterocycles. The summed E-state index contributed by atoms with van der Waals surface area (Å²) in [5.41, 5.74) is 0. The van der Waals surface area contributed by atoms with Gasteiger partial charge >= 0.3 is 0 Å². The number of halogens is 3. The van der Waals surface area contributed by atoms with Crippen LogP contribution in [0.25, 0.3) is 0 Å². The van der Waals surface area contributed by atoms with Crippen molar-refractivity contribution in [2.75, 3.05) is 6.61 Å². The van der Waals surface area contributed by atoms with E-state index < -0.39 is 11.6 Å². The summed E-state index contributed by atoms with van der Waals surface area (Å²) < 4.78 is 33.1. The fraction of sp³-hybridized carbons (Fsp3) is 0.667. The Hall–Kier alpha value is -0.390. The lowest BCUT2D eigenvalue weighted by Gasteiger charge is -2.28. The molecule has 0 radical (unpaired) electrons. The third-order valence-corrected chi connectivity index (χ3v) is 5.49. The van der Waals surface area contributed by atoms with E-state index in [1.165, 1.54) is 44.6 Å². The van der Waals surface area contributed by atoms with E-state index >= 15 is 0 Å². The Morgan fingerprint density at radius 3 is 2.41 bits per heavy atom. The molecule has 0 spiro atoms. The van der Waals surface area contributed by atoms with Gasteiger partial charge in [-0.2, -0.15) is 4.39 Å². The van der Waals surface area contributed by atoms with Crippen LogP contribution in [0.1, 0.15) is 58.3 Å². The zero-order valence-corrected chi connectivity index (χ0v) is 15.4. The highest BCUT2D eigenvalue weighted by atomic mass is 127. The molecule has 0 N–H and O–H groups in total. The minimum absolute atomic E-state index is 0.0444. The Bertz CT molecular complexity index is 470. The Balaban J connectivity index is 1.74. The van der Waals surface area contributed by atoms with E-state index in [4.69, 9.17) is 4.74 Å². The first kappa shape index (κ1) is 18.0. The van der Waals surface area contributed by atoms with Gasteiger partial charge in [0.15, 0.2) is 11.6 Å². The molecule has 1 aromatic carbocycles. The maximum Gasteiger partial charge on any atom is 0.201 e. The first-order chi connectivity index (χ1) is 10.6. The second-order valence-electron chi connectivity index (χ2n) is 6.37. The third kappa shape index (κ3) is 5.07. The maximum absolute atomic E-state index is 13.7. The lowest BCUT2D eigenvalue weighted by molar-refractivity contribution is 0.172. The minimum atomic E-state index is -0.861. The molecule has 0 unspecified atom stereocenters. The van der Waals surface area contributed by atoms with Crippen molar-refractivity contribution in [3.8, 4) is 5.75 Å². The van der Waals surface area contributed by atoms with Crippen LogP contribution in [0.3, 0.4) is 0 Å². The lowest BCUT2D eigenvalue weighted by atomic mass is 9.80. The highest BCUT2D eigenvalue weighted by Crippen LogP contribution is 2.33. The topological polar surface area (TPSA) is 9.23 Å². The molecule has 0 amide bonds. The number of hydrogen-bond acceptors (Lipinski definition) is 1. The van der Waals surface area contributed by atoms with Gasteiger partial charge in [0.1, 0.15) is 0 Å². The second kappa shape index (κ2) is 9.04. The fourth-order valence-corrected chi connectivity index (χ4v) is 3.61. The van der Waals surface area contributed by atoms with Gasteiger partial charge in [0, 0.05) is 0 Å². The van der Waals surface area contributed by atoms with Crippen LogP contribution in [0.2, 0.25) is 0 Å². The first-order valence-corrected chi connectivity index (χ1v) is 9.46. The van der Waals surface area contributed by atoms with E-state index in [1.807, 2.05) is 0 Å². The summed E-state index contributed by atoms with van der Waals surface area (Å²) in [4.78, 5) is 0. The first-order valence-electron chi connectivity index (χ1n) is 8.38. The summed E-state index contributed by atoms with van der Waals surface area (Å²) in [6.07, 6.45) is 10.1. The Labute approximate surface area is 146 Å². The fourth-order valence-electron chi connectivity index (χ4n) is 3.20. The number of benzene rings is 1. The van der Waals surface area contributed by atoms with Crippen LogP contribution < -0.4 is 4.74 Å². The van der Waals surface area contributed by atoms with Gasteiger partial charge in [-0.15, -0.1) is 0 Å². The summed E-state index contributed by atoms with van der Waals surface area (Å²) in [6.45, 7) is 2.74. The van der Waals surface area contributed by atoms with Crippen molar-refractivity contribution >= 4 is 22.6 Å². The Morgan fingerprint density at radius 1 is 1.05 bits per heavy atom. The van der Waals surface area contributed by atoms with Crippen LogP contribution in [-0.2, 0) is 0 Å². The van der Waals surface area contributed by atoms with Crippen LogP contribution in [0.15, 0.2) is 12.1 Å². The van der Waals surface area contributed by atoms with Crippen molar-refractivity contribution in [2.24, 2.45) is 11.8 Å². The highest BCUT2D eigenvalue weighted by Gasteiger charge is 2.22. The molecule has 1 aliphatic rings. The van der Waals surface area contributed by atoms with Gasteiger partial charge in [-0.1, -0.05) is 45.4 Å². The molecule has 1 nitrogen and oxygen atoms in total. The summed E-state index contributed by atoms with van der Waals surface area (Å²) in [6, 6.07) is 3.08. The SMILES string of the molecule is CCCCCC1CCC(COc2ccc(I)c(F)c2F)CC1. The van der Waals surface area contributed by atoms with Crippen molar-refractivity contribution in [2.45, 2.75) is 58.3 Å². The molecular weight excluding hydrogens is 397 g/mol. The normalized spacial score (nSPS) is 21.8. The molecule has 124 valence electrons. The molecule has 0 aliphatic heterocycles. The lowest BCUT2D eigenvalue weighted by Crippen LogP contribution is -2.20. The summed E-state index contributed by atoms with van der Waals surface area (Å²) in [5.74, 6) is -0.291. The molecule has 0 saturated heterocycles. The van der Waals surface area contributed by atoms with Crippen LogP contribution in [0.5, 0.6) is 5.75 Å². The largest absolute Gasteiger partial charge is 0.490 e. The molecule has 1 fully saturated rings. The number of unbranched alkanes of at least 4 members (excludes halogenated alkanes) is 2. The molecule has 0 heterocycles. The average Bonchev–Trinajstić information content (AvgIpc) is 2.53. The summed E-state index contributed by atoms with van der Waals surface area (Å²) in [5, 5.41) is 0. The van der Waals surface area contributed by atoms with Gasteiger partial charge in [0.05, 0.1) is 10.2 Å².